The molecule has 0 bridgehead atoms. The molecule has 2 N–H and O–H groups in total. The van der Waals surface area contributed by atoms with Gasteiger partial charge in [0.05, 0.1) is 6.54 Å². The van der Waals surface area contributed by atoms with Crippen molar-refractivity contribution in [1.82, 2.24) is 5.32 Å². The van der Waals surface area contributed by atoms with E-state index in [0.29, 0.717) is 12.2 Å². The predicted octanol–water partition coefficient (Wildman–Crippen LogP) is 2.68. The molecular weight excluding hydrogens is 287 g/mol. The number of benzene rings is 1. The van der Waals surface area contributed by atoms with Gasteiger partial charge in [0.15, 0.2) is 0 Å². The Labute approximate surface area is 119 Å². The fourth-order valence-electron chi connectivity index (χ4n) is 2.41. The summed E-state index contributed by atoms with van der Waals surface area (Å²) in [6.07, 6.45) is -3.90. The van der Waals surface area contributed by atoms with Gasteiger partial charge in [-0.2, -0.15) is 13.2 Å². The molecule has 21 heavy (non-hydrogen) atoms. The third-order valence-electron chi connectivity index (χ3n) is 3.19. The maximum atomic E-state index is 12.3. The molecule has 1 aliphatic heterocycles. The number of carbonyl (C=O) groups is 1. The van der Waals surface area contributed by atoms with E-state index < -0.39 is 30.3 Å². The van der Waals surface area contributed by atoms with Crippen molar-refractivity contribution >= 4 is 5.97 Å². The summed E-state index contributed by atoms with van der Waals surface area (Å²) in [6, 6.07) is 3.43. The Balaban J connectivity index is 2.31. The summed E-state index contributed by atoms with van der Waals surface area (Å²) in [7, 11) is 0. The Hall–Kier alpha value is -1.76. The number of rotatable bonds is 4. The highest BCUT2D eigenvalue weighted by atomic mass is 19.4. The molecule has 0 fully saturated rings. The van der Waals surface area contributed by atoms with Crippen molar-refractivity contribution in [2.75, 3.05) is 6.54 Å². The number of nitrogens with one attached hydrogen (secondary N) is 1. The Kier molecular flexibility index (Phi) is 3.88. The van der Waals surface area contributed by atoms with Gasteiger partial charge < -0.3 is 9.84 Å². The zero-order valence-electron chi connectivity index (χ0n) is 11.6. The molecular formula is C14H16F3NO3. The average molecular weight is 303 g/mol. The Morgan fingerprint density at radius 3 is 2.71 bits per heavy atom. The standard InChI is InChI=1S/C14H16F3NO3/c1-13(2)6-8-4-3-5-9(11(8)21-13)10(12(19)20)18-7-14(15,16)17/h3-5,10,18H,6-7H2,1-2H3,(H,19,20). The van der Waals surface area contributed by atoms with E-state index in [4.69, 9.17) is 4.74 Å². The molecule has 1 aromatic carbocycles. The minimum atomic E-state index is -4.48. The first-order valence-corrected chi connectivity index (χ1v) is 6.43. The van der Waals surface area contributed by atoms with Gasteiger partial charge in [-0.15, -0.1) is 0 Å². The highest BCUT2D eigenvalue weighted by Gasteiger charge is 2.36. The molecule has 0 aliphatic carbocycles. The molecule has 1 aromatic rings. The van der Waals surface area contributed by atoms with Crippen LogP contribution in [0, 0.1) is 0 Å². The van der Waals surface area contributed by atoms with E-state index in [0.717, 1.165) is 5.56 Å². The molecule has 0 saturated carbocycles. The minimum Gasteiger partial charge on any atom is -0.487 e. The maximum absolute atomic E-state index is 12.3. The summed E-state index contributed by atoms with van der Waals surface area (Å²) >= 11 is 0. The summed E-state index contributed by atoms with van der Waals surface area (Å²) in [5, 5.41) is 11.2. The number of halogens is 3. The minimum absolute atomic E-state index is 0.217. The largest absolute Gasteiger partial charge is 0.487 e. The van der Waals surface area contributed by atoms with E-state index >= 15 is 0 Å². The van der Waals surface area contributed by atoms with Crippen LogP contribution >= 0.6 is 0 Å². The van der Waals surface area contributed by atoms with Gasteiger partial charge in [-0.1, -0.05) is 18.2 Å². The summed E-state index contributed by atoms with van der Waals surface area (Å²) in [5.74, 6) is -1.01. The van der Waals surface area contributed by atoms with Crippen LogP contribution in [0.5, 0.6) is 5.75 Å². The zero-order chi connectivity index (χ0) is 15.8. The molecule has 2 rings (SSSR count). The number of hydrogen-bond donors (Lipinski definition) is 2. The second-order valence-electron chi connectivity index (χ2n) is 5.64. The van der Waals surface area contributed by atoms with E-state index in [1.807, 2.05) is 19.2 Å². The molecule has 0 amide bonds. The average Bonchev–Trinajstić information content (AvgIpc) is 2.62. The van der Waals surface area contributed by atoms with Crippen molar-refractivity contribution in [3.05, 3.63) is 29.3 Å². The van der Waals surface area contributed by atoms with E-state index in [1.54, 1.807) is 12.1 Å². The number of alkyl halides is 3. The first kappa shape index (κ1) is 15.6. The van der Waals surface area contributed by atoms with Crippen LogP contribution in [0.2, 0.25) is 0 Å². The van der Waals surface area contributed by atoms with Crippen LogP contribution in [0.1, 0.15) is 31.0 Å². The van der Waals surface area contributed by atoms with Crippen molar-refractivity contribution < 1.29 is 27.8 Å². The molecule has 1 atom stereocenters. The van der Waals surface area contributed by atoms with Crippen LogP contribution in [-0.4, -0.2) is 29.4 Å². The number of ether oxygens (including phenoxy) is 1. The fourth-order valence-corrected chi connectivity index (χ4v) is 2.41. The Bertz CT molecular complexity index is 555. The van der Waals surface area contributed by atoms with Gasteiger partial charge in [-0.05, 0) is 19.4 Å². The van der Waals surface area contributed by atoms with Crippen molar-refractivity contribution in [1.29, 1.82) is 0 Å². The smallest absolute Gasteiger partial charge is 0.401 e. The van der Waals surface area contributed by atoms with Gasteiger partial charge in [0, 0.05) is 12.0 Å². The van der Waals surface area contributed by atoms with Gasteiger partial charge in [0.1, 0.15) is 17.4 Å². The lowest BCUT2D eigenvalue weighted by Gasteiger charge is -2.21. The lowest BCUT2D eigenvalue weighted by molar-refractivity contribution is -0.143. The number of fused-ring (bicyclic) bond motifs is 1. The molecule has 0 spiro atoms. The summed E-state index contributed by atoms with van der Waals surface area (Å²) in [5.41, 5.74) is 0.526. The van der Waals surface area contributed by atoms with Crippen molar-refractivity contribution in [2.45, 2.75) is 38.1 Å². The highest BCUT2D eigenvalue weighted by Crippen LogP contribution is 2.40. The molecule has 0 radical (unpaired) electrons. The zero-order valence-corrected chi connectivity index (χ0v) is 11.6. The van der Waals surface area contributed by atoms with Crippen LogP contribution in [-0.2, 0) is 11.2 Å². The molecule has 4 nitrogen and oxygen atoms in total. The van der Waals surface area contributed by atoms with E-state index in [2.05, 4.69) is 0 Å². The van der Waals surface area contributed by atoms with Gasteiger partial charge in [-0.25, -0.2) is 0 Å². The van der Waals surface area contributed by atoms with E-state index in [-0.39, 0.29) is 5.56 Å². The number of carboxylic acid groups (broad SMARTS) is 1. The maximum Gasteiger partial charge on any atom is 0.401 e. The van der Waals surface area contributed by atoms with E-state index in [9.17, 15) is 23.1 Å². The third kappa shape index (κ3) is 3.66. The normalized spacial score (nSPS) is 18.0. The lowest BCUT2D eigenvalue weighted by atomic mass is 9.98. The van der Waals surface area contributed by atoms with Crippen LogP contribution in [0.25, 0.3) is 0 Å². The summed E-state index contributed by atoms with van der Waals surface area (Å²) in [6.45, 7) is 2.31. The van der Waals surface area contributed by atoms with Gasteiger partial charge in [0.25, 0.3) is 0 Å². The predicted molar refractivity (Wildman–Crippen MR) is 69.3 cm³/mol. The molecule has 116 valence electrons. The summed E-state index contributed by atoms with van der Waals surface area (Å²) in [4.78, 5) is 11.3. The van der Waals surface area contributed by atoms with Crippen LogP contribution < -0.4 is 10.1 Å². The first-order chi connectivity index (χ1) is 9.59. The van der Waals surface area contributed by atoms with Crippen LogP contribution in [0.15, 0.2) is 18.2 Å². The van der Waals surface area contributed by atoms with Crippen LogP contribution in [0.4, 0.5) is 13.2 Å². The Morgan fingerprint density at radius 1 is 1.48 bits per heavy atom. The second-order valence-corrected chi connectivity index (χ2v) is 5.64. The monoisotopic (exact) mass is 303 g/mol. The second kappa shape index (κ2) is 5.22. The molecule has 0 aromatic heterocycles. The van der Waals surface area contributed by atoms with Crippen LogP contribution in [0.3, 0.4) is 0 Å². The third-order valence-corrected chi connectivity index (χ3v) is 3.19. The van der Waals surface area contributed by atoms with Gasteiger partial charge in [0.2, 0.25) is 0 Å². The number of para-hydroxylation sites is 1. The number of carboxylic acids is 1. The molecule has 0 saturated heterocycles. The van der Waals surface area contributed by atoms with Crippen molar-refractivity contribution in [2.24, 2.45) is 0 Å². The number of hydrogen-bond acceptors (Lipinski definition) is 3. The molecule has 1 unspecified atom stereocenters. The van der Waals surface area contributed by atoms with Crippen molar-refractivity contribution in [3.63, 3.8) is 0 Å². The van der Waals surface area contributed by atoms with Gasteiger partial charge in [-0.3, -0.25) is 10.1 Å². The first-order valence-electron chi connectivity index (χ1n) is 6.43. The fraction of sp³-hybridized carbons (Fsp3) is 0.500. The SMILES string of the molecule is CC1(C)Cc2cccc(C(NCC(F)(F)F)C(=O)O)c2O1. The van der Waals surface area contributed by atoms with Crippen molar-refractivity contribution in [3.8, 4) is 5.75 Å². The van der Waals surface area contributed by atoms with E-state index in [1.165, 1.54) is 6.07 Å². The topological polar surface area (TPSA) is 58.6 Å². The molecule has 1 heterocycles. The lowest BCUT2D eigenvalue weighted by Crippen LogP contribution is -2.36. The number of aliphatic carboxylic acids is 1. The quantitative estimate of drug-likeness (QED) is 0.898. The molecule has 7 heteroatoms. The highest BCUT2D eigenvalue weighted by molar-refractivity contribution is 5.77. The molecule has 1 aliphatic rings. The summed E-state index contributed by atoms with van der Waals surface area (Å²) < 4.78 is 42.6. The van der Waals surface area contributed by atoms with Gasteiger partial charge >= 0.3 is 12.1 Å². The Morgan fingerprint density at radius 2 is 2.14 bits per heavy atom.